The highest BCUT2D eigenvalue weighted by atomic mass is 32.2. The molecule has 5 heteroatoms. The molecule has 1 rings (SSSR count). The van der Waals surface area contributed by atoms with Crippen LogP contribution in [0, 0.1) is 6.92 Å². The Bertz CT molecular complexity index is 397. The molecule has 1 N–H and O–H groups in total. The molecular weight excluding hydrogens is 214 g/mol. The standard InChI is InChI=1S/C10H15NO3S/c1-9-3-5-10(6-4-9)15(12,13)11-7-8-14-2/h3-6,11H,7-8H2,1-2H3. The SMILES string of the molecule is COCCNS(=O)(=O)c1ccc(C)cc1. The minimum atomic E-state index is -3.38. The first kappa shape index (κ1) is 12.2. The highest BCUT2D eigenvalue weighted by Crippen LogP contribution is 2.09. The summed E-state index contributed by atoms with van der Waals surface area (Å²) in [6.45, 7) is 2.56. The molecule has 0 fully saturated rings. The van der Waals surface area contributed by atoms with Gasteiger partial charge in [0.15, 0.2) is 0 Å². The van der Waals surface area contributed by atoms with Crippen LogP contribution in [-0.4, -0.2) is 28.7 Å². The van der Waals surface area contributed by atoms with Gasteiger partial charge in [0, 0.05) is 13.7 Å². The number of methoxy groups -OCH3 is 1. The van der Waals surface area contributed by atoms with Gasteiger partial charge in [0.2, 0.25) is 10.0 Å². The number of benzene rings is 1. The van der Waals surface area contributed by atoms with E-state index in [9.17, 15) is 8.42 Å². The lowest BCUT2D eigenvalue weighted by molar-refractivity contribution is 0.204. The van der Waals surface area contributed by atoms with Crippen molar-refractivity contribution in [2.45, 2.75) is 11.8 Å². The topological polar surface area (TPSA) is 55.4 Å². The van der Waals surface area contributed by atoms with Crippen LogP contribution in [0.1, 0.15) is 5.56 Å². The predicted octanol–water partition coefficient (Wildman–Crippen LogP) is 0.920. The van der Waals surface area contributed by atoms with Gasteiger partial charge in [-0.2, -0.15) is 0 Å². The Hall–Kier alpha value is -0.910. The molecule has 0 aliphatic rings. The van der Waals surface area contributed by atoms with Crippen LogP contribution >= 0.6 is 0 Å². The fraction of sp³-hybridized carbons (Fsp3) is 0.400. The summed E-state index contributed by atoms with van der Waals surface area (Å²) in [5.74, 6) is 0. The second kappa shape index (κ2) is 5.25. The van der Waals surface area contributed by atoms with Gasteiger partial charge < -0.3 is 4.74 Å². The summed E-state index contributed by atoms with van der Waals surface area (Å²) in [6.07, 6.45) is 0. The molecule has 0 heterocycles. The summed E-state index contributed by atoms with van der Waals surface area (Å²) >= 11 is 0. The molecule has 0 spiro atoms. The number of rotatable bonds is 5. The van der Waals surface area contributed by atoms with Crippen molar-refractivity contribution in [1.82, 2.24) is 4.72 Å². The van der Waals surface area contributed by atoms with E-state index in [0.29, 0.717) is 6.61 Å². The van der Waals surface area contributed by atoms with Crippen molar-refractivity contribution in [3.05, 3.63) is 29.8 Å². The molecule has 0 aliphatic heterocycles. The van der Waals surface area contributed by atoms with Crippen LogP contribution in [0.15, 0.2) is 29.2 Å². The van der Waals surface area contributed by atoms with Gasteiger partial charge in [-0.1, -0.05) is 17.7 Å². The number of sulfonamides is 1. The summed E-state index contributed by atoms with van der Waals surface area (Å²) in [6, 6.07) is 6.71. The zero-order valence-corrected chi connectivity index (χ0v) is 9.67. The van der Waals surface area contributed by atoms with E-state index >= 15 is 0 Å². The van der Waals surface area contributed by atoms with E-state index in [2.05, 4.69) is 4.72 Å². The summed E-state index contributed by atoms with van der Waals surface area (Å²) < 4.78 is 30.5. The van der Waals surface area contributed by atoms with Crippen molar-refractivity contribution in [3.8, 4) is 0 Å². The average molecular weight is 229 g/mol. The molecule has 0 radical (unpaired) electrons. The zero-order valence-electron chi connectivity index (χ0n) is 8.86. The van der Waals surface area contributed by atoms with E-state index in [1.54, 1.807) is 24.3 Å². The Morgan fingerprint density at radius 3 is 2.40 bits per heavy atom. The molecule has 1 aromatic rings. The zero-order chi connectivity index (χ0) is 11.3. The van der Waals surface area contributed by atoms with Crippen molar-refractivity contribution in [2.24, 2.45) is 0 Å². The van der Waals surface area contributed by atoms with Gasteiger partial charge in [0.1, 0.15) is 0 Å². The third kappa shape index (κ3) is 3.62. The van der Waals surface area contributed by atoms with Crippen LogP contribution in [-0.2, 0) is 14.8 Å². The molecule has 0 saturated heterocycles. The molecule has 0 amide bonds. The average Bonchev–Trinajstić information content (AvgIpc) is 2.18. The smallest absolute Gasteiger partial charge is 0.240 e. The largest absolute Gasteiger partial charge is 0.383 e. The predicted molar refractivity (Wildman–Crippen MR) is 58.2 cm³/mol. The minimum absolute atomic E-state index is 0.282. The van der Waals surface area contributed by atoms with Crippen LogP contribution in [0.5, 0.6) is 0 Å². The van der Waals surface area contributed by atoms with E-state index in [1.807, 2.05) is 6.92 Å². The van der Waals surface area contributed by atoms with E-state index in [1.165, 1.54) is 7.11 Å². The van der Waals surface area contributed by atoms with Gasteiger partial charge >= 0.3 is 0 Å². The van der Waals surface area contributed by atoms with E-state index < -0.39 is 10.0 Å². The van der Waals surface area contributed by atoms with Gasteiger partial charge in [0.25, 0.3) is 0 Å². The lowest BCUT2D eigenvalue weighted by Crippen LogP contribution is -2.27. The quantitative estimate of drug-likeness (QED) is 0.764. The molecule has 0 bridgehead atoms. The van der Waals surface area contributed by atoms with Crippen LogP contribution < -0.4 is 4.72 Å². The Kier molecular flexibility index (Phi) is 4.26. The van der Waals surface area contributed by atoms with Crippen molar-refractivity contribution in [2.75, 3.05) is 20.3 Å². The van der Waals surface area contributed by atoms with Gasteiger partial charge in [-0.25, -0.2) is 13.1 Å². The number of nitrogens with one attached hydrogen (secondary N) is 1. The fourth-order valence-electron chi connectivity index (χ4n) is 1.08. The summed E-state index contributed by atoms with van der Waals surface area (Å²) in [5, 5.41) is 0. The summed E-state index contributed by atoms with van der Waals surface area (Å²) in [7, 11) is -1.85. The highest BCUT2D eigenvalue weighted by Gasteiger charge is 2.11. The minimum Gasteiger partial charge on any atom is -0.383 e. The van der Waals surface area contributed by atoms with Gasteiger partial charge in [-0.05, 0) is 19.1 Å². The molecule has 0 aliphatic carbocycles. The molecular formula is C10H15NO3S. The van der Waals surface area contributed by atoms with Gasteiger partial charge in [0.05, 0.1) is 11.5 Å². The van der Waals surface area contributed by atoms with E-state index in [0.717, 1.165) is 5.56 Å². The molecule has 4 nitrogen and oxygen atoms in total. The summed E-state index contributed by atoms with van der Waals surface area (Å²) in [5.41, 5.74) is 1.03. The van der Waals surface area contributed by atoms with Crippen LogP contribution in [0.2, 0.25) is 0 Å². The molecule has 1 aromatic carbocycles. The first-order chi connectivity index (χ1) is 7.06. The monoisotopic (exact) mass is 229 g/mol. The third-order valence-electron chi connectivity index (χ3n) is 1.93. The van der Waals surface area contributed by atoms with E-state index in [4.69, 9.17) is 4.74 Å². The molecule has 0 saturated carbocycles. The number of ether oxygens (including phenoxy) is 1. The maximum Gasteiger partial charge on any atom is 0.240 e. The maximum absolute atomic E-state index is 11.7. The van der Waals surface area contributed by atoms with Crippen LogP contribution in [0.3, 0.4) is 0 Å². The molecule has 15 heavy (non-hydrogen) atoms. The normalized spacial score (nSPS) is 11.6. The van der Waals surface area contributed by atoms with Crippen LogP contribution in [0.4, 0.5) is 0 Å². The van der Waals surface area contributed by atoms with Gasteiger partial charge in [-0.15, -0.1) is 0 Å². The number of hydrogen-bond donors (Lipinski definition) is 1. The van der Waals surface area contributed by atoms with Crippen molar-refractivity contribution < 1.29 is 13.2 Å². The second-order valence-corrected chi connectivity index (χ2v) is 4.97. The Morgan fingerprint density at radius 2 is 1.87 bits per heavy atom. The van der Waals surface area contributed by atoms with Gasteiger partial charge in [-0.3, -0.25) is 0 Å². The third-order valence-corrected chi connectivity index (χ3v) is 3.41. The number of aryl methyl sites for hydroxylation is 1. The van der Waals surface area contributed by atoms with Crippen molar-refractivity contribution >= 4 is 10.0 Å². The molecule has 0 unspecified atom stereocenters. The molecule has 84 valence electrons. The summed E-state index contributed by atoms with van der Waals surface area (Å²) in [4.78, 5) is 0.282. The maximum atomic E-state index is 11.7. The fourth-order valence-corrected chi connectivity index (χ4v) is 2.09. The Labute approximate surface area is 90.3 Å². The lowest BCUT2D eigenvalue weighted by atomic mass is 10.2. The highest BCUT2D eigenvalue weighted by molar-refractivity contribution is 7.89. The molecule has 0 atom stereocenters. The van der Waals surface area contributed by atoms with Crippen molar-refractivity contribution in [3.63, 3.8) is 0 Å². The lowest BCUT2D eigenvalue weighted by Gasteiger charge is -2.06. The second-order valence-electron chi connectivity index (χ2n) is 3.20. The van der Waals surface area contributed by atoms with E-state index in [-0.39, 0.29) is 11.4 Å². The Morgan fingerprint density at radius 1 is 1.27 bits per heavy atom. The first-order valence-electron chi connectivity index (χ1n) is 4.61. The van der Waals surface area contributed by atoms with Crippen molar-refractivity contribution in [1.29, 1.82) is 0 Å². The molecule has 0 aromatic heterocycles. The Balaban J connectivity index is 2.73. The number of hydrogen-bond acceptors (Lipinski definition) is 3. The van der Waals surface area contributed by atoms with Crippen LogP contribution in [0.25, 0.3) is 0 Å². The first-order valence-corrected chi connectivity index (χ1v) is 6.10.